The summed E-state index contributed by atoms with van der Waals surface area (Å²) in [6.45, 7) is 6.05. The maximum absolute atomic E-state index is 12.2. The largest absolute Gasteiger partial charge is 0.378 e. The second-order valence-electron chi connectivity index (χ2n) is 6.27. The highest BCUT2D eigenvalue weighted by Gasteiger charge is 2.24. The van der Waals surface area contributed by atoms with E-state index in [2.05, 4.69) is 10.6 Å². The summed E-state index contributed by atoms with van der Waals surface area (Å²) in [5, 5.41) is 7.58. The van der Waals surface area contributed by atoms with Crippen LogP contribution in [0.3, 0.4) is 0 Å². The molecular formula is C16H22Cl2N2O2. The number of benzene rings is 1. The van der Waals surface area contributed by atoms with E-state index in [1.807, 2.05) is 26.0 Å². The number of hydrogen-bond acceptors (Lipinski definition) is 3. The molecule has 1 saturated heterocycles. The van der Waals surface area contributed by atoms with Crippen molar-refractivity contribution < 1.29 is 9.53 Å². The second kappa shape index (κ2) is 7.64. The van der Waals surface area contributed by atoms with Gasteiger partial charge >= 0.3 is 0 Å². The first-order valence-corrected chi connectivity index (χ1v) is 8.17. The molecular weight excluding hydrogens is 323 g/mol. The number of morpholine rings is 1. The van der Waals surface area contributed by atoms with Gasteiger partial charge in [-0.3, -0.25) is 4.79 Å². The van der Waals surface area contributed by atoms with Crippen LogP contribution >= 0.6 is 23.2 Å². The van der Waals surface area contributed by atoms with Gasteiger partial charge in [0.05, 0.1) is 13.2 Å². The standard InChI is InChI=1S/C16H22Cl2N2O2/c1-16(2,9-11-3-4-12(17)7-14(11)18)20-15(21)8-13-10-22-6-5-19-13/h3-4,7,13,19H,5-6,8-10H2,1-2H3,(H,20,21). The third-order valence-corrected chi connectivity index (χ3v) is 4.14. The molecule has 1 aromatic rings. The third-order valence-electron chi connectivity index (χ3n) is 3.56. The van der Waals surface area contributed by atoms with Crippen molar-refractivity contribution >= 4 is 29.1 Å². The Labute approximate surface area is 141 Å². The lowest BCUT2D eigenvalue weighted by Crippen LogP contribution is -2.49. The fraction of sp³-hybridized carbons (Fsp3) is 0.562. The van der Waals surface area contributed by atoms with Crippen LogP contribution in [0, 0.1) is 0 Å². The van der Waals surface area contributed by atoms with Crippen molar-refractivity contribution in [1.82, 2.24) is 10.6 Å². The van der Waals surface area contributed by atoms with Gasteiger partial charge in [0.15, 0.2) is 0 Å². The van der Waals surface area contributed by atoms with E-state index >= 15 is 0 Å². The Morgan fingerprint density at radius 2 is 2.23 bits per heavy atom. The summed E-state index contributed by atoms with van der Waals surface area (Å²) >= 11 is 12.1. The van der Waals surface area contributed by atoms with E-state index in [9.17, 15) is 4.79 Å². The highest BCUT2D eigenvalue weighted by Crippen LogP contribution is 2.24. The molecule has 0 radical (unpaired) electrons. The van der Waals surface area contributed by atoms with Crippen molar-refractivity contribution in [1.29, 1.82) is 0 Å². The summed E-state index contributed by atoms with van der Waals surface area (Å²) in [5.41, 5.74) is 0.583. The van der Waals surface area contributed by atoms with Crippen LogP contribution in [0.5, 0.6) is 0 Å². The van der Waals surface area contributed by atoms with Crippen LogP contribution in [0.1, 0.15) is 25.8 Å². The highest BCUT2D eigenvalue weighted by molar-refractivity contribution is 6.35. The smallest absolute Gasteiger partial charge is 0.222 e. The Morgan fingerprint density at radius 1 is 1.45 bits per heavy atom. The van der Waals surface area contributed by atoms with Crippen LogP contribution in [0.25, 0.3) is 0 Å². The maximum Gasteiger partial charge on any atom is 0.222 e. The minimum absolute atomic E-state index is 0.0121. The van der Waals surface area contributed by atoms with E-state index in [0.29, 0.717) is 36.1 Å². The normalized spacial score (nSPS) is 19.0. The first kappa shape index (κ1) is 17.5. The Hall–Kier alpha value is -0.810. The van der Waals surface area contributed by atoms with Crippen LogP contribution in [0.4, 0.5) is 0 Å². The molecule has 1 aromatic carbocycles. The minimum Gasteiger partial charge on any atom is -0.378 e. The summed E-state index contributed by atoms with van der Waals surface area (Å²) < 4.78 is 5.36. The van der Waals surface area contributed by atoms with Gasteiger partial charge in [-0.25, -0.2) is 0 Å². The lowest BCUT2D eigenvalue weighted by molar-refractivity contribution is -0.123. The molecule has 0 spiro atoms. The summed E-state index contributed by atoms with van der Waals surface area (Å²) in [4.78, 5) is 12.2. The van der Waals surface area contributed by atoms with Crippen molar-refractivity contribution in [2.75, 3.05) is 19.8 Å². The van der Waals surface area contributed by atoms with Crippen LogP contribution in [0.15, 0.2) is 18.2 Å². The summed E-state index contributed by atoms with van der Waals surface area (Å²) in [6.07, 6.45) is 1.06. The Morgan fingerprint density at radius 3 is 2.86 bits per heavy atom. The number of carbonyl (C=O) groups is 1. The molecule has 4 nitrogen and oxygen atoms in total. The van der Waals surface area contributed by atoms with E-state index in [1.165, 1.54) is 0 Å². The Bertz CT molecular complexity index is 529. The van der Waals surface area contributed by atoms with Crippen molar-refractivity contribution in [3.63, 3.8) is 0 Å². The molecule has 2 N–H and O–H groups in total. The van der Waals surface area contributed by atoms with E-state index in [1.54, 1.807) is 6.07 Å². The average molecular weight is 345 g/mol. The van der Waals surface area contributed by atoms with E-state index in [4.69, 9.17) is 27.9 Å². The molecule has 6 heteroatoms. The number of ether oxygens (including phenoxy) is 1. The van der Waals surface area contributed by atoms with Crippen LogP contribution in [0.2, 0.25) is 10.0 Å². The van der Waals surface area contributed by atoms with Gasteiger partial charge in [0.25, 0.3) is 0 Å². The molecule has 1 unspecified atom stereocenters. The first-order valence-electron chi connectivity index (χ1n) is 7.42. The van der Waals surface area contributed by atoms with Gasteiger partial charge < -0.3 is 15.4 Å². The molecule has 1 aliphatic heterocycles. The molecule has 22 heavy (non-hydrogen) atoms. The molecule has 1 aliphatic rings. The molecule has 0 aliphatic carbocycles. The van der Waals surface area contributed by atoms with Crippen molar-refractivity contribution in [2.45, 2.75) is 38.3 Å². The summed E-state index contributed by atoms with van der Waals surface area (Å²) in [5.74, 6) is 0.0121. The number of hydrogen-bond donors (Lipinski definition) is 2. The predicted octanol–water partition coefficient (Wildman–Crippen LogP) is 2.81. The van der Waals surface area contributed by atoms with Crippen LogP contribution < -0.4 is 10.6 Å². The van der Waals surface area contributed by atoms with Gasteiger partial charge in [-0.15, -0.1) is 0 Å². The Kier molecular flexibility index (Phi) is 6.09. The first-order chi connectivity index (χ1) is 10.4. The number of carbonyl (C=O) groups excluding carboxylic acids is 1. The van der Waals surface area contributed by atoms with Gasteiger partial charge in [0.2, 0.25) is 5.91 Å². The zero-order chi connectivity index (χ0) is 16.2. The fourth-order valence-electron chi connectivity index (χ4n) is 2.59. The summed E-state index contributed by atoms with van der Waals surface area (Å²) in [6, 6.07) is 5.52. The predicted molar refractivity (Wildman–Crippen MR) is 89.6 cm³/mol. The monoisotopic (exact) mass is 344 g/mol. The minimum atomic E-state index is -0.385. The van der Waals surface area contributed by atoms with Gasteiger partial charge in [0, 0.05) is 34.6 Å². The topological polar surface area (TPSA) is 50.4 Å². The third kappa shape index (κ3) is 5.43. The molecule has 1 heterocycles. The SMILES string of the molecule is CC(C)(Cc1ccc(Cl)cc1Cl)NC(=O)CC1COCCN1. The van der Waals surface area contributed by atoms with Crippen LogP contribution in [-0.2, 0) is 16.0 Å². The molecule has 0 saturated carbocycles. The number of amides is 1. The number of rotatable bonds is 5. The van der Waals surface area contributed by atoms with E-state index in [-0.39, 0.29) is 17.5 Å². The molecule has 1 amide bonds. The van der Waals surface area contributed by atoms with Crippen LogP contribution in [-0.4, -0.2) is 37.2 Å². The molecule has 1 atom stereocenters. The van der Waals surface area contributed by atoms with Gasteiger partial charge in [-0.05, 0) is 38.0 Å². The zero-order valence-electron chi connectivity index (χ0n) is 12.9. The number of halogens is 2. The molecule has 0 bridgehead atoms. The van der Waals surface area contributed by atoms with Gasteiger partial charge in [0.1, 0.15) is 0 Å². The van der Waals surface area contributed by atoms with E-state index < -0.39 is 0 Å². The maximum atomic E-state index is 12.2. The van der Waals surface area contributed by atoms with Crippen molar-refractivity contribution in [3.05, 3.63) is 33.8 Å². The Balaban J connectivity index is 1.90. The zero-order valence-corrected chi connectivity index (χ0v) is 14.4. The van der Waals surface area contributed by atoms with Gasteiger partial charge in [-0.2, -0.15) is 0 Å². The quantitative estimate of drug-likeness (QED) is 0.863. The lowest BCUT2D eigenvalue weighted by atomic mass is 9.94. The summed E-state index contributed by atoms with van der Waals surface area (Å²) in [7, 11) is 0. The fourth-order valence-corrected chi connectivity index (χ4v) is 3.06. The van der Waals surface area contributed by atoms with Crippen molar-refractivity contribution in [3.8, 4) is 0 Å². The number of nitrogens with one attached hydrogen (secondary N) is 2. The molecule has 122 valence electrons. The van der Waals surface area contributed by atoms with Crippen molar-refractivity contribution in [2.24, 2.45) is 0 Å². The lowest BCUT2D eigenvalue weighted by Gasteiger charge is -2.29. The second-order valence-corrected chi connectivity index (χ2v) is 7.12. The highest BCUT2D eigenvalue weighted by atomic mass is 35.5. The molecule has 1 fully saturated rings. The molecule has 0 aromatic heterocycles. The van der Waals surface area contributed by atoms with Gasteiger partial charge in [-0.1, -0.05) is 29.3 Å². The molecule has 2 rings (SSSR count). The van der Waals surface area contributed by atoms with E-state index in [0.717, 1.165) is 12.1 Å². The average Bonchev–Trinajstić information content (AvgIpc) is 2.42.